The first kappa shape index (κ1) is 29.4. The van der Waals surface area contributed by atoms with Crippen molar-refractivity contribution >= 4 is 24.2 Å². The zero-order valence-electron chi connectivity index (χ0n) is 19.0. The quantitative estimate of drug-likeness (QED) is 0.446. The third-order valence-electron chi connectivity index (χ3n) is 5.88. The molecule has 1 saturated heterocycles. The Balaban J connectivity index is 0.00000456. The highest BCUT2D eigenvalue weighted by Crippen LogP contribution is 2.30. The lowest BCUT2D eigenvalue weighted by Gasteiger charge is -2.18. The van der Waals surface area contributed by atoms with Gasteiger partial charge in [-0.05, 0) is 48.2 Å². The van der Waals surface area contributed by atoms with Crippen LogP contribution in [-0.2, 0) is 34.8 Å². The number of rotatable bonds is 8. The van der Waals surface area contributed by atoms with Crippen LogP contribution in [0.3, 0.4) is 0 Å². The van der Waals surface area contributed by atoms with Crippen molar-refractivity contribution in [2.24, 2.45) is 11.8 Å². The van der Waals surface area contributed by atoms with Crippen molar-refractivity contribution in [2.75, 3.05) is 26.2 Å². The van der Waals surface area contributed by atoms with Gasteiger partial charge in [-0.25, -0.2) is 0 Å². The molecule has 2 aromatic carbocycles. The van der Waals surface area contributed by atoms with Gasteiger partial charge in [0, 0.05) is 26.2 Å². The van der Waals surface area contributed by atoms with Crippen molar-refractivity contribution in [3.63, 3.8) is 0 Å². The molecule has 1 fully saturated rings. The number of benzene rings is 2. The fraction of sp³-hybridized carbons (Fsp3) is 0.417. The number of carbonyl (C=O) groups excluding carboxylic acids is 2. The van der Waals surface area contributed by atoms with Crippen molar-refractivity contribution in [3.05, 3.63) is 70.8 Å². The summed E-state index contributed by atoms with van der Waals surface area (Å²) in [6.07, 6.45) is -8.13. The van der Waals surface area contributed by atoms with Crippen LogP contribution in [0.25, 0.3) is 0 Å². The van der Waals surface area contributed by atoms with Crippen molar-refractivity contribution < 1.29 is 35.9 Å². The Bertz CT molecular complexity index is 929. The number of hydrogen-bond donors (Lipinski definition) is 3. The number of amides is 2. The molecule has 1 heterocycles. The van der Waals surface area contributed by atoms with Gasteiger partial charge in [-0.2, -0.15) is 26.3 Å². The summed E-state index contributed by atoms with van der Waals surface area (Å²) in [7, 11) is 0. The van der Waals surface area contributed by atoms with Crippen LogP contribution in [0.5, 0.6) is 0 Å². The number of nitrogens with one attached hydrogen (secondary N) is 3. The van der Waals surface area contributed by atoms with Crippen molar-refractivity contribution in [1.82, 2.24) is 16.0 Å². The molecular weight excluding hydrogens is 512 g/mol. The molecule has 2 atom stereocenters. The van der Waals surface area contributed by atoms with Crippen molar-refractivity contribution in [1.29, 1.82) is 0 Å². The van der Waals surface area contributed by atoms with Crippen LogP contribution in [-0.4, -0.2) is 38.0 Å². The van der Waals surface area contributed by atoms with Crippen LogP contribution in [0.2, 0.25) is 0 Å². The van der Waals surface area contributed by atoms with Crippen molar-refractivity contribution in [2.45, 2.75) is 25.2 Å². The van der Waals surface area contributed by atoms with Gasteiger partial charge in [-0.3, -0.25) is 9.59 Å². The largest absolute Gasteiger partial charge is 0.416 e. The Hall–Kier alpha value is -2.79. The van der Waals surface area contributed by atoms with Gasteiger partial charge < -0.3 is 16.0 Å². The SMILES string of the molecule is Cl.O=C(NCCc1ccc(C(F)(F)F)cc1)[C@@H]1CNC[C@H]1C(=O)NCCc1ccc(C(F)(F)F)cc1. The van der Waals surface area contributed by atoms with Gasteiger partial charge in [0.25, 0.3) is 0 Å². The molecule has 36 heavy (non-hydrogen) atoms. The van der Waals surface area contributed by atoms with Crippen LogP contribution in [0.15, 0.2) is 48.5 Å². The summed E-state index contributed by atoms with van der Waals surface area (Å²) in [6.45, 7) is 1.04. The molecule has 2 amide bonds. The first-order valence-electron chi connectivity index (χ1n) is 11.0. The first-order valence-corrected chi connectivity index (χ1v) is 11.0. The second-order valence-electron chi connectivity index (χ2n) is 8.34. The fourth-order valence-electron chi connectivity index (χ4n) is 3.87. The van der Waals surface area contributed by atoms with E-state index < -0.39 is 35.3 Å². The van der Waals surface area contributed by atoms with E-state index in [4.69, 9.17) is 0 Å². The Morgan fingerprint density at radius 1 is 0.694 bits per heavy atom. The molecule has 0 unspecified atom stereocenters. The topological polar surface area (TPSA) is 70.2 Å². The summed E-state index contributed by atoms with van der Waals surface area (Å²) in [5.41, 5.74) is -0.204. The molecule has 1 aliphatic heterocycles. The highest BCUT2D eigenvalue weighted by atomic mass is 35.5. The van der Waals surface area contributed by atoms with E-state index in [1.807, 2.05) is 0 Å². The number of halogens is 7. The summed E-state index contributed by atoms with van der Waals surface area (Å²) < 4.78 is 75.8. The molecule has 0 aromatic heterocycles. The zero-order valence-corrected chi connectivity index (χ0v) is 19.8. The summed E-state index contributed by atoms with van der Waals surface area (Å²) >= 11 is 0. The highest BCUT2D eigenvalue weighted by molar-refractivity contribution is 5.88. The fourth-order valence-corrected chi connectivity index (χ4v) is 3.87. The predicted octanol–water partition coefficient (Wildman–Crippen LogP) is 4.00. The maximum Gasteiger partial charge on any atom is 0.416 e. The Morgan fingerprint density at radius 2 is 1.03 bits per heavy atom. The van der Waals surface area contributed by atoms with E-state index in [9.17, 15) is 35.9 Å². The Kier molecular flexibility index (Phi) is 10.2. The van der Waals surface area contributed by atoms with Gasteiger partial charge >= 0.3 is 12.4 Å². The molecule has 0 bridgehead atoms. The number of hydrogen-bond acceptors (Lipinski definition) is 3. The summed E-state index contributed by atoms with van der Waals surface area (Å²) in [4.78, 5) is 25.1. The lowest BCUT2D eigenvalue weighted by Crippen LogP contribution is -2.42. The third kappa shape index (κ3) is 8.12. The van der Waals surface area contributed by atoms with E-state index in [-0.39, 0.29) is 37.3 Å². The van der Waals surface area contributed by atoms with Crippen LogP contribution >= 0.6 is 12.4 Å². The van der Waals surface area contributed by atoms with Crippen LogP contribution in [0, 0.1) is 11.8 Å². The molecule has 198 valence electrons. The lowest BCUT2D eigenvalue weighted by atomic mass is 9.94. The second-order valence-corrected chi connectivity index (χ2v) is 8.34. The normalized spacial score (nSPS) is 17.8. The van der Waals surface area contributed by atoms with Gasteiger partial charge in [0.05, 0.1) is 23.0 Å². The van der Waals surface area contributed by atoms with Crippen LogP contribution in [0.1, 0.15) is 22.3 Å². The lowest BCUT2D eigenvalue weighted by molar-refractivity contribution is -0.138. The van der Waals surface area contributed by atoms with Crippen LogP contribution in [0.4, 0.5) is 26.3 Å². The van der Waals surface area contributed by atoms with E-state index in [1.54, 1.807) is 0 Å². The molecule has 0 spiro atoms. The third-order valence-corrected chi connectivity index (χ3v) is 5.88. The Morgan fingerprint density at radius 3 is 1.33 bits per heavy atom. The molecule has 3 N–H and O–H groups in total. The summed E-state index contributed by atoms with van der Waals surface area (Å²) in [5, 5.41) is 8.46. The van der Waals surface area contributed by atoms with Crippen LogP contribution < -0.4 is 16.0 Å². The highest BCUT2D eigenvalue weighted by Gasteiger charge is 2.37. The van der Waals surface area contributed by atoms with E-state index in [1.165, 1.54) is 24.3 Å². The molecule has 0 aliphatic carbocycles. The minimum absolute atomic E-state index is 0. The molecule has 0 radical (unpaired) electrons. The molecule has 5 nitrogen and oxygen atoms in total. The number of carbonyl (C=O) groups is 2. The minimum atomic E-state index is -4.41. The van der Waals surface area contributed by atoms with Gasteiger partial charge in [-0.15, -0.1) is 12.4 Å². The molecule has 0 saturated carbocycles. The average Bonchev–Trinajstić information content (AvgIpc) is 3.29. The summed E-state index contributed by atoms with van der Waals surface area (Å²) in [5.74, 6) is -1.86. The molecule has 2 aromatic rings. The monoisotopic (exact) mass is 537 g/mol. The first-order chi connectivity index (χ1) is 16.4. The van der Waals surface area contributed by atoms with Gasteiger partial charge in [0.2, 0.25) is 11.8 Å². The molecule has 1 aliphatic rings. The molecular formula is C24H26ClF6N3O2. The maximum atomic E-state index is 12.6. The zero-order chi connectivity index (χ0) is 25.6. The number of alkyl halides is 6. The minimum Gasteiger partial charge on any atom is -0.355 e. The molecule has 3 rings (SSSR count). The van der Waals surface area contributed by atoms with E-state index in [2.05, 4.69) is 16.0 Å². The Labute approximate surface area is 210 Å². The van der Waals surface area contributed by atoms with Gasteiger partial charge in [0.1, 0.15) is 0 Å². The van der Waals surface area contributed by atoms with E-state index >= 15 is 0 Å². The summed E-state index contributed by atoms with van der Waals surface area (Å²) in [6, 6.07) is 9.40. The van der Waals surface area contributed by atoms with E-state index in [0.29, 0.717) is 37.1 Å². The van der Waals surface area contributed by atoms with E-state index in [0.717, 1.165) is 24.3 Å². The molecule has 12 heteroatoms. The van der Waals surface area contributed by atoms with Gasteiger partial charge in [-0.1, -0.05) is 24.3 Å². The average molecular weight is 538 g/mol. The second kappa shape index (κ2) is 12.4. The standard InChI is InChI=1S/C24H25F6N3O2.ClH/c25-23(26,27)17-5-1-15(2-6-17)9-11-32-21(34)19-13-31-14-20(19)22(35)33-12-10-16-3-7-18(8-4-16)24(28,29)30;/h1-8,19-20,31H,9-14H2,(H,32,34)(H,33,35);1H/t19-,20-;/m1./s1. The van der Waals surface area contributed by atoms with Gasteiger partial charge in [0.15, 0.2) is 0 Å². The maximum absolute atomic E-state index is 12.6. The predicted molar refractivity (Wildman–Crippen MR) is 123 cm³/mol. The smallest absolute Gasteiger partial charge is 0.355 e. The van der Waals surface area contributed by atoms with Crippen molar-refractivity contribution in [3.8, 4) is 0 Å².